The number of hydrogen-bond acceptors (Lipinski definition) is 2. The molecule has 0 unspecified atom stereocenters. The average Bonchev–Trinajstić information content (AvgIpc) is 2.16. The van der Waals surface area contributed by atoms with Crippen LogP contribution < -0.4 is 5.73 Å². The molecule has 0 atom stereocenters. The van der Waals surface area contributed by atoms with Crippen LogP contribution in [0.15, 0.2) is 18.3 Å². The van der Waals surface area contributed by atoms with Crippen LogP contribution in [-0.2, 0) is 11.0 Å². The Labute approximate surface area is 89.5 Å². The number of aromatic nitrogens is 1. The second-order valence-corrected chi connectivity index (χ2v) is 2.84. The molecular weight excluding hydrogens is 221 g/mol. The SMILES string of the molecule is NC(=O)CC#Cc1cccnc1C(F)(F)F. The zero-order valence-electron chi connectivity index (χ0n) is 8.01. The number of amides is 1. The van der Waals surface area contributed by atoms with Gasteiger partial charge in [-0.3, -0.25) is 9.78 Å². The molecule has 1 aromatic heterocycles. The number of alkyl halides is 3. The van der Waals surface area contributed by atoms with Crippen LogP contribution in [0.25, 0.3) is 0 Å². The molecule has 1 heterocycles. The minimum atomic E-state index is -4.56. The average molecular weight is 228 g/mol. The van der Waals surface area contributed by atoms with Crippen molar-refractivity contribution in [1.29, 1.82) is 0 Å². The molecule has 0 radical (unpaired) electrons. The van der Waals surface area contributed by atoms with Crippen molar-refractivity contribution in [3.8, 4) is 11.8 Å². The van der Waals surface area contributed by atoms with Crippen molar-refractivity contribution in [3.05, 3.63) is 29.6 Å². The largest absolute Gasteiger partial charge is 0.434 e. The first-order valence-corrected chi connectivity index (χ1v) is 4.20. The Balaban J connectivity index is 3.03. The fraction of sp³-hybridized carbons (Fsp3) is 0.200. The van der Waals surface area contributed by atoms with Gasteiger partial charge in [0, 0.05) is 6.20 Å². The summed E-state index contributed by atoms with van der Waals surface area (Å²) in [6.07, 6.45) is -3.81. The number of nitrogens with two attached hydrogens (primary N) is 1. The minimum Gasteiger partial charge on any atom is -0.369 e. The Morgan fingerprint density at radius 3 is 2.75 bits per heavy atom. The van der Waals surface area contributed by atoms with Gasteiger partial charge >= 0.3 is 6.18 Å². The summed E-state index contributed by atoms with van der Waals surface area (Å²) in [5.74, 6) is 3.78. The van der Waals surface area contributed by atoms with Gasteiger partial charge in [-0.15, -0.1) is 0 Å². The smallest absolute Gasteiger partial charge is 0.369 e. The van der Waals surface area contributed by atoms with Crippen molar-refractivity contribution in [2.75, 3.05) is 0 Å². The second kappa shape index (κ2) is 4.66. The topological polar surface area (TPSA) is 56.0 Å². The van der Waals surface area contributed by atoms with Crippen LogP contribution in [0.3, 0.4) is 0 Å². The number of halogens is 3. The summed E-state index contributed by atoms with van der Waals surface area (Å²) < 4.78 is 37.2. The van der Waals surface area contributed by atoms with Gasteiger partial charge in [0.1, 0.15) is 0 Å². The maximum atomic E-state index is 12.4. The Kier molecular flexibility index (Phi) is 3.51. The Bertz CT molecular complexity index is 457. The zero-order valence-corrected chi connectivity index (χ0v) is 8.01. The van der Waals surface area contributed by atoms with Crippen molar-refractivity contribution >= 4 is 5.91 Å². The molecular formula is C10H7F3N2O. The van der Waals surface area contributed by atoms with Gasteiger partial charge in [0.15, 0.2) is 5.69 Å². The zero-order chi connectivity index (χ0) is 12.2. The highest BCUT2D eigenvalue weighted by Gasteiger charge is 2.34. The Morgan fingerprint density at radius 1 is 1.50 bits per heavy atom. The highest BCUT2D eigenvalue weighted by Crippen LogP contribution is 2.29. The van der Waals surface area contributed by atoms with Crippen molar-refractivity contribution < 1.29 is 18.0 Å². The van der Waals surface area contributed by atoms with Crippen molar-refractivity contribution in [2.45, 2.75) is 12.6 Å². The quantitative estimate of drug-likeness (QED) is 0.737. The molecule has 0 aliphatic heterocycles. The molecule has 1 aromatic rings. The lowest BCUT2D eigenvalue weighted by molar-refractivity contribution is -0.141. The summed E-state index contributed by atoms with van der Waals surface area (Å²) in [6.45, 7) is 0. The van der Waals surface area contributed by atoms with Gasteiger partial charge < -0.3 is 5.73 Å². The van der Waals surface area contributed by atoms with Crippen LogP contribution in [0.2, 0.25) is 0 Å². The summed E-state index contributed by atoms with van der Waals surface area (Å²) in [4.78, 5) is 13.6. The van der Waals surface area contributed by atoms with Crippen LogP contribution in [-0.4, -0.2) is 10.9 Å². The van der Waals surface area contributed by atoms with Gasteiger partial charge in [-0.1, -0.05) is 11.8 Å². The fourth-order valence-electron chi connectivity index (χ4n) is 0.959. The number of primary amides is 1. The normalized spacial score (nSPS) is 10.4. The third-order valence-corrected chi connectivity index (χ3v) is 1.56. The molecule has 0 aromatic carbocycles. The van der Waals surface area contributed by atoms with Crippen LogP contribution in [0.1, 0.15) is 17.7 Å². The van der Waals surface area contributed by atoms with Gasteiger partial charge in [0.25, 0.3) is 0 Å². The van der Waals surface area contributed by atoms with E-state index in [2.05, 4.69) is 16.8 Å². The molecule has 6 heteroatoms. The maximum Gasteiger partial charge on any atom is 0.434 e. The van der Waals surface area contributed by atoms with E-state index in [-0.39, 0.29) is 12.0 Å². The monoisotopic (exact) mass is 228 g/mol. The van der Waals surface area contributed by atoms with Crippen LogP contribution in [0.4, 0.5) is 13.2 Å². The summed E-state index contributed by atoms with van der Waals surface area (Å²) in [7, 11) is 0. The number of pyridine rings is 1. The van der Waals surface area contributed by atoms with E-state index in [0.29, 0.717) is 0 Å². The van der Waals surface area contributed by atoms with E-state index in [4.69, 9.17) is 5.73 Å². The van der Waals surface area contributed by atoms with Gasteiger partial charge in [-0.25, -0.2) is 0 Å². The summed E-state index contributed by atoms with van der Waals surface area (Å²) in [5, 5.41) is 0. The minimum absolute atomic E-state index is 0.267. The molecule has 0 bridgehead atoms. The number of hydrogen-bond donors (Lipinski definition) is 1. The van der Waals surface area contributed by atoms with E-state index in [1.165, 1.54) is 12.1 Å². The Hall–Kier alpha value is -2.03. The summed E-state index contributed by atoms with van der Waals surface area (Å²) >= 11 is 0. The van der Waals surface area contributed by atoms with E-state index < -0.39 is 17.8 Å². The van der Waals surface area contributed by atoms with E-state index in [0.717, 1.165) is 6.20 Å². The number of carbonyl (C=O) groups excluding carboxylic acids is 1. The van der Waals surface area contributed by atoms with Gasteiger partial charge in [0.05, 0.1) is 12.0 Å². The Morgan fingerprint density at radius 2 is 2.19 bits per heavy atom. The molecule has 84 valence electrons. The summed E-state index contributed by atoms with van der Waals surface area (Å²) in [6, 6.07) is 2.52. The van der Waals surface area contributed by atoms with Crippen LogP contribution in [0.5, 0.6) is 0 Å². The standard InChI is InChI=1S/C10H7F3N2O/c11-10(12,13)9-7(4-2-6-15-9)3-1-5-8(14)16/h2,4,6H,5H2,(H2,14,16). The molecule has 16 heavy (non-hydrogen) atoms. The third-order valence-electron chi connectivity index (χ3n) is 1.56. The lowest BCUT2D eigenvalue weighted by atomic mass is 10.2. The number of rotatable bonds is 1. The van der Waals surface area contributed by atoms with Crippen LogP contribution in [0, 0.1) is 11.8 Å². The molecule has 0 fully saturated rings. The molecule has 0 saturated heterocycles. The molecule has 0 spiro atoms. The molecule has 0 aliphatic rings. The van der Waals surface area contributed by atoms with E-state index in [1.54, 1.807) is 0 Å². The van der Waals surface area contributed by atoms with Gasteiger partial charge in [0.2, 0.25) is 5.91 Å². The number of carbonyl (C=O) groups is 1. The number of nitrogens with zero attached hydrogens (tertiary/aromatic N) is 1. The molecule has 1 amide bonds. The summed E-state index contributed by atoms with van der Waals surface area (Å²) in [5.41, 5.74) is 3.47. The molecule has 0 saturated carbocycles. The van der Waals surface area contributed by atoms with E-state index in [1.807, 2.05) is 0 Å². The van der Waals surface area contributed by atoms with E-state index >= 15 is 0 Å². The van der Waals surface area contributed by atoms with Crippen molar-refractivity contribution in [2.24, 2.45) is 5.73 Å². The molecule has 0 aliphatic carbocycles. The molecule has 2 N–H and O–H groups in total. The van der Waals surface area contributed by atoms with Crippen molar-refractivity contribution in [1.82, 2.24) is 4.98 Å². The molecule has 1 rings (SSSR count). The first kappa shape index (κ1) is 12.0. The molecule has 3 nitrogen and oxygen atoms in total. The first-order chi connectivity index (χ1) is 7.41. The highest BCUT2D eigenvalue weighted by atomic mass is 19.4. The van der Waals surface area contributed by atoms with Gasteiger partial charge in [-0.05, 0) is 12.1 Å². The lowest BCUT2D eigenvalue weighted by Crippen LogP contribution is -2.10. The van der Waals surface area contributed by atoms with E-state index in [9.17, 15) is 18.0 Å². The fourth-order valence-corrected chi connectivity index (χ4v) is 0.959. The van der Waals surface area contributed by atoms with Gasteiger partial charge in [-0.2, -0.15) is 13.2 Å². The first-order valence-electron chi connectivity index (χ1n) is 4.20. The lowest BCUT2D eigenvalue weighted by Gasteiger charge is -2.06. The third kappa shape index (κ3) is 3.28. The highest BCUT2D eigenvalue weighted by molar-refractivity contribution is 5.76. The second-order valence-electron chi connectivity index (χ2n) is 2.84. The van der Waals surface area contributed by atoms with Crippen molar-refractivity contribution in [3.63, 3.8) is 0 Å². The predicted molar refractivity (Wildman–Crippen MR) is 49.9 cm³/mol. The predicted octanol–water partition coefficient (Wildman–Crippen LogP) is 1.33. The maximum absolute atomic E-state index is 12.4. The van der Waals surface area contributed by atoms with Crippen LogP contribution >= 0.6 is 0 Å².